The third-order valence-corrected chi connectivity index (χ3v) is 4.20. The number of nitrogens with zero attached hydrogens (tertiary/aromatic N) is 1. The second kappa shape index (κ2) is 8.09. The average Bonchev–Trinajstić information content (AvgIpc) is 2.68. The number of nitrogens with one attached hydrogen (secondary N) is 1. The van der Waals surface area contributed by atoms with E-state index in [4.69, 9.17) is 11.6 Å². The van der Waals surface area contributed by atoms with Gasteiger partial charge in [-0.2, -0.15) is 0 Å². The Labute approximate surface area is 114 Å². The molecule has 1 aromatic heterocycles. The first-order valence-corrected chi connectivity index (χ1v) is 7.49. The van der Waals surface area contributed by atoms with Gasteiger partial charge in [-0.25, -0.2) is 0 Å². The molecule has 0 bridgehead atoms. The van der Waals surface area contributed by atoms with E-state index in [1.165, 1.54) is 24.3 Å². The molecule has 1 aromatic rings. The molecule has 0 saturated carbocycles. The summed E-state index contributed by atoms with van der Waals surface area (Å²) in [6.45, 7) is 7.68. The van der Waals surface area contributed by atoms with Crippen molar-refractivity contribution in [1.82, 2.24) is 10.2 Å². The van der Waals surface area contributed by atoms with Gasteiger partial charge in [0.15, 0.2) is 0 Å². The zero-order valence-electron chi connectivity index (χ0n) is 11.0. The van der Waals surface area contributed by atoms with Crippen LogP contribution in [0, 0.1) is 0 Å². The van der Waals surface area contributed by atoms with Crippen molar-refractivity contribution < 1.29 is 0 Å². The maximum Gasteiger partial charge on any atom is 0.0516 e. The molecule has 0 aliphatic heterocycles. The van der Waals surface area contributed by atoms with Crippen LogP contribution in [-0.4, -0.2) is 31.1 Å². The first kappa shape index (κ1) is 15.0. The molecule has 0 aromatic carbocycles. The lowest BCUT2D eigenvalue weighted by Crippen LogP contribution is -2.27. The van der Waals surface area contributed by atoms with Crippen molar-refractivity contribution in [3.05, 3.63) is 21.3 Å². The second-order valence-corrected chi connectivity index (χ2v) is 6.12. The van der Waals surface area contributed by atoms with Crippen molar-refractivity contribution in [2.45, 2.75) is 39.3 Å². The molecule has 0 radical (unpaired) electrons. The van der Waals surface area contributed by atoms with Crippen molar-refractivity contribution in [1.29, 1.82) is 0 Å². The minimum Gasteiger partial charge on any atom is -0.312 e. The van der Waals surface area contributed by atoms with Crippen LogP contribution in [0.4, 0.5) is 0 Å². The summed E-state index contributed by atoms with van der Waals surface area (Å²) in [4.78, 5) is 3.70. The Kier molecular flexibility index (Phi) is 7.12. The highest BCUT2D eigenvalue weighted by molar-refractivity contribution is 7.10. The lowest BCUT2D eigenvalue weighted by molar-refractivity contribution is 0.268. The van der Waals surface area contributed by atoms with E-state index in [2.05, 4.69) is 31.1 Å². The van der Waals surface area contributed by atoms with E-state index in [-0.39, 0.29) is 0 Å². The molecule has 4 heteroatoms. The lowest BCUT2D eigenvalue weighted by atomic mass is 10.2. The molecule has 0 spiro atoms. The van der Waals surface area contributed by atoms with E-state index >= 15 is 0 Å². The summed E-state index contributed by atoms with van der Waals surface area (Å²) in [7, 11) is 2.19. The predicted octanol–water partition coefficient (Wildman–Crippen LogP) is 3.61. The van der Waals surface area contributed by atoms with Crippen LogP contribution in [0.3, 0.4) is 0 Å². The van der Waals surface area contributed by atoms with Crippen molar-refractivity contribution in [2.24, 2.45) is 0 Å². The SMILES string of the molecule is CC(C)N(C)CCCCNCc1cc(Cl)cs1. The molecule has 0 atom stereocenters. The summed E-state index contributed by atoms with van der Waals surface area (Å²) in [6, 6.07) is 2.68. The zero-order chi connectivity index (χ0) is 12.7. The van der Waals surface area contributed by atoms with Gasteiger partial charge in [-0.05, 0) is 52.9 Å². The third-order valence-electron chi connectivity index (χ3n) is 2.92. The van der Waals surface area contributed by atoms with Gasteiger partial charge in [0.25, 0.3) is 0 Å². The van der Waals surface area contributed by atoms with Crippen molar-refractivity contribution in [3.63, 3.8) is 0 Å². The van der Waals surface area contributed by atoms with Gasteiger partial charge >= 0.3 is 0 Å². The van der Waals surface area contributed by atoms with Gasteiger partial charge < -0.3 is 10.2 Å². The predicted molar refractivity (Wildman–Crippen MR) is 78.0 cm³/mol. The minimum absolute atomic E-state index is 0.649. The zero-order valence-corrected chi connectivity index (χ0v) is 12.6. The monoisotopic (exact) mass is 274 g/mol. The van der Waals surface area contributed by atoms with Gasteiger partial charge in [-0.3, -0.25) is 0 Å². The fourth-order valence-corrected chi connectivity index (χ4v) is 2.57. The van der Waals surface area contributed by atoms with Crippen LogP contribution in [0.1, 0.15) is 31.6 Å². The number of hydrogen-bond acceptors (Lipinski definition) is 3. The highest BCUT2D eigenvalue weighted by Gasteiger charge is 2.01. The molecule has 0 fully saturated rings. The molecular formula is C13H23ClN2S. The normalized spacial score (nSPS) is 11.6. The Morgan fingerprint density at radius 3 is 2.76 bits per heavy atom. The van der Waals surface area contributed by atoms with Gasteiger partial charge in [-0.1, -0.05) is 11.6 Å². The van der Waals surface area contributed by atoms with Gasteiger partial charge in [0.2, 0.25) is 0 Å². The standard InChI is InChI=1S/C13H23ClN2S/c1-11(2)16(3)7-5-4-6-15-9-13-8-12(14)10-17-13/h8,10-11,15H,4-7,9H2,1-3H3. The number of thiophene rings is 1. The van der Waals surface area contributed by atoms with Crippen molar-refractivity contribution in [3.8, 4) is 0 Å². The van der Waals surface area contributed by atoms with Crippen LogP contribution in [0.2, 0.25) is 5.02 Å². The Bertz CT molecular complexity index is 312. The maximum atomic E-state index is 5.86. The molecule has 0 saturated heterocycles. The van der Waals surface area contributed by atoms with Gasteiger partial charge in [0.05, 0.1) is 5.02 Å². The molecule has 2 nitrogen and oxygen atoms in total. The summed E-state index contributed by atoms with van der Waals surface area (Å²) in [6.07, 6.45) is 2.49. The highest BCUT2D eigenvalue weighted by atomic mass is 35.5. The summed E-state index contributed by atoms with van der Waals surface area (Å²) in [5.41, 5.74) is 0. The van der Waals surface area contributed by atoms with Gasteiger partial charge in [0, 0.05) is 22.8 Å². The van der Waals surface area contributed by atoms with E-state index in [0.717, 1.165) is 18.1 Å². The summed E-state index contributed by atoms with van der Waals surface area (Å²) in [5.74, 6) is 0. The van der Waals surface area contributed by atoms with Crippen LogP contribution in [0.15, 0.2) is 11.4 Å². The first-order valence-electron chi connectivity index (χ1n) is 6.23. The third kappa shape index (κ3) is 6.41. The van der Waals surface area contributed by atoms with Crippen LogP contribution < -0.4 is 5.32 Å². The smallest absolute Gasteiger partial charge is 0.0516 e. The number of hydrogen-bond donors (Lipinski definition) is 1. The minimum atomic E-state index is 0.649. The maximum absolute atomic E-state index is 5.86. The Morgan fingerprint density at radius 1 is 1.41 bits per heavy atom. The van der Waals surface area contributed by atoms with Crippen LogP contribution in [0.25, 0.3) is 0 Å². The average molecular weight is 275 g/mol. The Hall–Kier alpha value is -0.0900. The Morgan fingerprint density at radius 2 is 2.18 bits per heavy atom. The van der Waals surface area contributed by atoms with Crippen LogP contribution in [0.5, 0.6) is 0 Å². The first-order chi connectivity index (χ1) is 8.09. The molecular weight excluding hydrogens is 252 g/mol. The van der Waals surface area contributed by atoms with E-state index in [9.17, 15) is 0 Å². The molecule has 1 rings (SSSR count). The van der Waals surface area contributed by atoms with Crippen molar-refractivity contribution in [2.75, 3.05) is 20.1 Å². The Balaban J connectivity index is 1.98. The molecule has 0 amide bonds. The van der Waals surface area contributed by atoms with E-state index in [1.54, 1.807) is 11.3 Å². The summed E-state index contributed by atoms with van der Waals surface area (Å²) >= 11 is 7.58. The van der Waals surface area contributed by atoms with Crippen LogP contribution in [-0.2, 0) is 6.54 Å². The highest BCUT2D eigenvalue weighted by Crippen LogP contribution is 2.18. The topological polar surface area (TPSA) is 15.3 Å². The van der Waals surface area contributed by atoms with Crippen molar-refractivity contribution >= 4 is 22.9 Å². The molecule has 0 unspecified atom stereocenters. The largest absolute Gasteiger partial charge is 0.312 e. The van der Waals surface area contributed by atoms with E-state index in [1.807, 2.05) is 11.4 Å². The molecule has 1 N–H and O–H groups in total. The van der Waals surface area contributed by atoms with E-state index in [0.29, 0.717) is 6.04 Å². The fourth-order valence-electron chi connectivity index (χ4n) is 1.53. The molecule has 98 valence electrons. The second-order valence-electron chi connectivity index (χ2n) is 4.69. The molecule has 1 heterocycles. The molecule has 0 aliphatic carbocycles. The number of rotatable bonds is 8. The molecule has 0 aliphatic rings. The molecule has 17 heavy (non-hydrogen) atoms. The lowest BCUT2D eigenvalue weighted by Gasteiger charge is -2.20. The number of unbranched alkanes of at least 4 members (excludes halogenated alkanes) is 1. The fraction of sp³-hybridized carbons (Fsp3) is 0.692. The summed E-state index contributed by atoms with van der Waals surface area (Å²) < 4.78 is 0. The van der Waals surface area contributed by atoms with Crippen LogP contribution >= 0.6 is 22.9 Å². The van der Waals surface area contributed by atoms with Gasteiger partial charge in [0.1, 0.15) is 0 Å². The van der Waals surface area contributed by atoms with E-state index < -0.39 is 0 Å². The number of halogens is 1. The quantitative estimate of drug-likeness (QED) is 0.729. The summed E-state index contributed by atoms with van der Waals surface area (Å²) in [5, 5.41) is 6.29. The van der Waals surface area contributed by atoms with Gasteiger partial charge in [-0.15, -0.1) is 11.3 Å².